The summed E-state index contributed by atoms with van der Waals surface area (Å²) in [5.41, 5.74) is 1.64. The van der Waals surface area contributed by atoms with Crippen molar-refractivity contribution >= 4 is 41.2 Å². The molecule has 0 saturated carbocycles. The van der Waals surface area contributed by atoms with Crippen LogP contribution in [0.25, 0.3) is 6.08 Å². The van der Waals surface area contributed by atoms with Crippen LogP contribution in [0, 0.1) is 0 Å². The van der Waals surface area contributed by atoms with Gasteiger partial charge in [-0.05, 0) is 60.5 Å². The lowest BCUT2D eigenvalue weighted by molar-refractivity contribution is -0.122. The van der Waals surface area contributed by atoms with Crippen LogP contribution in [0.4, 0.5) is 10.5 Å². The second-order valence-electron chi connectivity index (χ2n) is 7.52. The van der Waals surface area contributed by atoms with Gasteiger partial charge in [-0.15, -0.1) is 0 Å². The van der Waals surface area contributed by atoms with Crippen LogP contribution in [0.15, 0.2) is 78.4 Å². The second-order valence-corrected chi connectivity index (χ2v) is 7.95. The number of hydrogen-bond donors (Lipinski definition) is 1. The Hall–Kier alpha value is -4.10. The minimum absolute atomic E-state index is 0.192. The number of nitrogens with zero attached hydrogens (tertiary/aromatic N) is 1. The maximum absolute atomic E-state index is 13.0. The first-order chi connectivity index (χ1) is 16.4. The number of halogens is 1. The molecular weight excluding hydrogens is 456 g/mol. The third-order valence-corrected chi connectivity index (χ3v) is 5.51. The minimum Gasteiger partial charge on any atom is -0.493 e. The number of amides is 4. The van der Waals surface area contributed by atoms with E-state index < -0.39 is 17.8 Å². The summed E-state index contributed by atoms with van der Waals surface area (Å²) in [6.07, 6.45) is 1.18. The Morgan fingerprint density at radius 1 is 0.941 bits per heavy atom. The van der Waals surface area contributed by atoms with Crippen molar-refractivity contribution in [3.05, 3.63) is 94.5 Å². The van der Waals surface area contributed by atoms with Crippen molar-refractivity contribution in [2.45, 2.75) is 13.0 Å². The number of anilines is 1. The van der Waals surface area contributed by atoms with Gasteiger partial charge < -0.3 is 9.47 Å². The number of carbonyl (C=O) groups is 3. The van der Waals surface area contributed by atoms with Gasteiger partial charge in [-0.2, -0.15) is 0 Å². The molecular formula is C26H21ClN2O5. The molecule has 8 heteroatoms. The standard InChI is InChI=1S/C26H21ClN2O5/c1-16(18-6-4-3-5-7-18)34-22-13-8-17(15-23(22)33-2)14-21-24(30)28-26(32)29(25(21)31)20-11-9-19(27)10-12-20/h3-16H,1-2H3,(H,28,30,32)/b21-14-/t16-/m0/s1. The lowest BCUT2D eigenvalue weighted by Crippen LogP contribution is -2.54. The molecule has 172 valence electrons. The summed E-state index contributed by atoms with van der Waals surface area (Å²) >= 11 is 5.90. The van der Waals surface area contributed by atoms with E-state index in [4.69, 9.17) is 21.1 Å². The molecule has 3 aromatic carbocycles. The number of imide groups is 2. The van der Waals surface area contributed by atoms with Gasteiger partial charge in [0.05, 0.1) is 12.8 Å². The Labute approximate surface area is 201 Å². The lowest BCUT2D eigenvalue weighted by atomic mass is 10.1. The van der Waals surface area contributed by atoms with E-state index in [0.717, 1.165) is 10.5 Å². The van der Waals surface area contributed by atoms with Gasteiger partial charge in [0.15, 0.2) is 11.5 Å². The van der Waals surface area contributed by atoms with E-state index in [0.29, 0.717) is 27.8 Å². The molecule has 0 aromatic heterocycles. The van der Waals surface area contributed by atoms with Gasteiger partial charge in [-0.1, -0.05) is 48.0 Å². The Morgan fingerprint density at radius 2 is 1.65 bits per heavy atom. The van der Waals surface area contributed by atoms with Crippen LogP contribution < -0.4 is 19.7 Å². The smallest absolute Gasteiger partial charge is 0.335 e. The first-order valence-corrected chi connectivity index (χ1v) is 10.8. The molecule has 1 aliphatic heterocycles. The number of benzene rings is 3. The van der Waals surface area contributed by atoms with Crippen LogP contribution >= 0.6 is 11.6 Å². The van der Waals surface area contributed by atoms with Crippen LogP contribution in [0.5, 0.6) is 11.5 Å². The van der Waals surface area contributed by atoms with Crippen molar-refractivity contribution in [3.63, 3.8) is 0 Å². The molecule has 1 aliphatic rings. The highest BCUT2D eigenvalue weighted by atomic mass is 35.5. The summed E-state index contributed by atoms with van der Waals surface area (Å²) in [5.74, 6) is -0.574. The van der Waals surface area contributed by atoms with Gasteiger partial charge in [-0.3, -0.25) is 14.9 Å². The fourth-order valence-electron chi connectivity index (χ4n) is 3.50. The highest BCUT2D eigenvalue weighted by Crippen LogP contribution is 2.33. The highest BCUT2D eigenvalue weighted by molar-refractivity contribution is 6.39. The molecule has 1 heterocycles. The van der Waals surface area contributed by atoms with Crippen molar-refractivity contribution in [2.24, 2.45) is 0 Å². The number of urea groups is 1. The highest BCUT2D eigenvalue weighted by Gasteiger charge is 2.36. The number of ether oxygens (including phenoxy) is 2. The van der Waals surface area contributed by atoms with Crippen LogP contribution in [0.2, 0.25) is 5.02 Å². The molecule has 4 amide bonds. The number of nitrogens with one attached hydrogen (secondary N) is 1. The van der Waals surface area contributed by atoms with Crippen molar-refractivity contribution in [1.29, 1.82) is 0 Å². The zero-order chi connectivity index (χ0) is 24.2. The molecule has 7 nitrogen and oxygen atoms in total. The zero-order valence-corrected chi connectivity index (χ0v) is 19.2. The van der Waals surface area contributed by atoms with E-state index in [1.54, 1.807) is 30.3 Å². The van der Waals surface area contributed by atoms with Gasteiger partial charge in [0.2, 0.25) is 0 Å². The van der Waals surface area contributed by atoms with E-state index >= 15 is 0 Å². The molecule has 1 N–H and O–H groups in total. The summed E-state index contributed by atoms with van der Waals surface area (Å²) < 4.78 is 11.5. The summed E-state index contributed by atoms with van der Waals surface area (Å²) in [5, 5.41) is 2.65. The largest absolute Gasteiger partial charge is 0.493 e. The third-order valence-electron chi connectivity index (χ3n) is 5.26. The SMILES string of the molecule is COc1cc(/C=C2/C(=O)NC(=O)N(c3ccc(Cl)cc3)C2=O)ccc1O[C@@H](C)c1ccccc1. The Morgan fingerprint density at radius 3 is 2.32 bits per heavy atom. The van der Waals surface area contributed by atoms with E-state index in [9.17, 15) is 14.4 Å². The Bertz CT molecular complexity index is 1270. The summed E-state index contributed by atoms with van der Waals surface area (Å²) in [6.45, 7) is 1.93. The Balaban J connectivity index is 1.62. The van der Waals surface area contributed by atoms with Gasteiger partial charge in [0, 0.05) is 5.02 Å². The zero-order valence-electron chi connectivity index (χ0n) is 18.4. The molecule has 1 atom stereocenters. The predicted molar refractivity (Wildman–Crippen MR) is 129 cm³/mol. The molecule has 0 aliphatic carbocycles. The number of hydrogen-bond acceptors (Lipinski definition) is 5. The van der Waals surface area contributed by atoms with E-state index in [1.165, 1.54) is 25.3 Å². The van der Waals surface area contributed by atoms with E-state index in [1.807, 2.05) is 37.3 Å². The quantitative estimate of drug-likeness (QED) is 0.392. The number of barbiturate groups is 1. The Kier molecular flexibility index (Phi) is 6.65. The van der Waals surface area contributed by atoms with E-state index in [2.05, 4.69) is 5.32 Å². The van der Waals surface area contributed by atoms with Crippen LogP contribution in [0.1, 0.15) is 24.2 Å². The first-order valence-electron chi connectivity index (χ1n) is 10.4. The summed E-state index contributed by atoms with van der Waals surface area (Å²) in [4.78, 5) is 38.7. The number of carbonyl (C=O) groups excluding carboxylic acids is 3. The minimum atomic E-state index is -0.828. The van der Waals surface area contributed by atoms with Crippen molar-refractivity contribution in [2.75, 3.05) is 12.0 Å². The van der Waals surface area contributed by atoms with E-state index in [-0.39, 0.29) is 11.7 Å². The molecule has 0 unspecified atom stereocenters. The monoisotopic (exact) mass is 476 g/mol. The molecule has 4 rings (SSSR count). The van der Waals surface area contributed by atoms with Gasteiger partial charge in [-0.25, -0.2) is 9.69 Å². The number of methoxy groups -OCH3 is 1. The molecule has 34 heavy (non-hydrogen) atoms. The van der Waals surface area contributed by atoms with Gasteiger partial charge >= 0.3 is 6.03 Å². The maximum atomic E-state index is 13.0. The number of rotatable bonds is 6. The first kappa shape index (κ1) is 23.1. The van der Waals surface area contributed by atoms with Crippen molar-refractivity contribution in [1.82, 2.24) is 5.32 Å². The average Bonchev–Trinajstić information content (AvgIpc) is 2.84. The molecule has 0 spiro atoms. The molecule has 0 radical (unpaired) electrons. The summed E-state index contributed by atoms with van der Waals surface area (Å²) in [7, 11) is 1.51. The van der Waals surface area contributed by atoms with Gasteiger partial charge in [0.25, 0.3) is 11.8 Å². The second kappa shape index (κ2) is 9.80. The van der Waals surface area contributed by atoms with Gasteiger partial charge in [0.1, 0.15) is 11.7 Å². The van der Waals surface area contributed by atoms with Crippen LogP contribution in [-0.4, -0.2) is 25.0 Å². The fourth-order valence-corrected chi connectivity index (χ4v) is 3.63. The van der Waals surface area contributed by atoms with Crippen molar-refractivity contribution < 1.29 is 23.9 Å². The topological polar surface area (TPSA) is 84.9 Å². The molecule has 0 bridgehead atoms. The maximum Gasteiger partial charge on any atom is 0.335 e. The molecule has 1 saturated heterocycles. The average molecular weight is 477 g/mol. The predicted octanol–water partition coefficient (Wildman–Crippen LogP) is 5.16. The molecule has 1 fully saturated rings. The lowest BCUT2D eigenvalue weighted by Gasteiger charge is -2.26. The fraction of sp³-hybridized carbons (Fsp3) is 0.115. The van der Waals surface area contributed by atoms with Crippen LogP contribution in [-0.2, 0) is 9.59 Å². The summed E-state index contributed by atoms with van der Waals surface area (Å²) in [6, 6.07) is 20.1. The molecule has 3 aromatic rings. The normalized spacial score (nSPS) is 15.8. The third kappa shape index (κ3) is 4.79. The van der Waals surface area contributed by atoms with Crippen LogP contribution in [0.3, 0.4) is 0 Å². The van der Waals surface area contributed by atoms with Crippen molar-refractivity contribution in [3.8, 4) is 11.5 Å².